The van der Waals surface area contributed by atoms with E-state index in [1.165, 1.54) is 0 Å². The Balaban J connectivity index is 1.55. The van der Waals surface area contributed by atoms with E-state index in [4.69, 9.17) is 18.3 Å². The average molecular weight is 365 g/mol. The van der Waals surface area contributed by atoms with Crippen LogP contribution in [-0.4, -0.2) is 30.3 Å². The van der Waals surface area contributed by atoms with Gasteiger partial charge in [0.05, 0.1) is 14.2 Å². The fourth-order valence-corrected chi connectivity index (χ4v) is 2.59. The fourth-order valence-electron chi connectivity index (χ4n) is 2.59. The molecule has 0 aliphatic rings. The second kappa shape index (κ2) is 6.83. The Morgan fingerprint density at radius 3 is 2.56 bits per heavy atom. The van der Waals surface area contributed by atoms with E-state index in [2.05, 4.69) is 15.5 Å². The van der Waals surface area contributed by atoms with E-state index in [-0.39, 0.29) is 17.8 Å². The van der Waals surface area contributed by atoms with Gasteiger partial charge in [0.15, 0.2) is 17.1 Å². The number of nitrogens with one attached hydrogen (secondary N) is 1. The number of hydrogen-bond acceptors (Lipinski definition) is 7. The summed E-state index contributed by atoms with van der Waals surface area (Å²) >= 11 is 0. The lowest BCUT2D eigenvalue weighted by Crippen LogP contribution is -2.11. The molecule has 2 aromatic heterocycles. The summed E-state index contributed by atoms with van der Waals surface area (Å²) in [6.07, 6.45) is 0. The van der Waals surface area contributed by atoms with Gasteiger partial charge < -0.3 is 18.3 Å². The molecule has 1 amide bonds. The Morgan fingerprint density at radius 1 is 1.00 bits per heavy atom. The van der Waals surface area contributed by atoms with Gasteiger partial charge in [-0.15, -0.1) is 5.10 Å². The number of para-hydroxylation sites is 1. The lowest BCUT2D eigenvalue weighted by Gasteiger charge is -2.02. The Kier molecular flexibility index (Phi) is 4.21. The zero-order chi connectivity index (χ0) is 18.8. The second-order valence-electron chi connectivity index (χ2n) is 5.58. The molecule has 8 nitrogen and oxygen atoms in total. The van der Waals surface area contributed by atoms with Crippen molar-refractivity contribution in [1.82, 2.24) is 10.2 Å². The molecule has 0 spiro atoms. The maximum absolute atomic E-state index is 12.3. The van der Waals surface area contributed by atoms with Gasteiger partial charge in [-0.2, -0.15) is 0 Å². The molecule has 0 bridgehead atoms. The summed E-state index contributed by atoms with van der Waals surface area (Å²) < 4.78 is 21.6. The number of rotatable bonds is 5. The highest BCUT2D eigenvalue weighted by Gasteiger charge is 2.17. The molecule has 0 atom stereocenters. The van der Waals surface area contributed by atoms with E-state index >= 15 is 0 Å². The van der Waals surface area contributed by atoms with Crippen molar-refractivity contribution < 1.29 is 23.1 Å². The van der Waals surface area contributed by atoms with Gasteiger partial charge in [0.2, 0.25) is 0 Å². The zero-order valence-corrected chi connectivity index (χ0v) is 14.6. The van der Waals surface area contributed by atoms with Crippen LogP contribution >= 0.6 is 0 Å². The molecule has 0 radical (unpaired) electrons. The van der Waals surface area contributed by atoms with Crippen LogP contribution in [0.1, 0.15) is 10.4 Å². The van der Waals surface area contributed by atoms with E-state index in [0.29, 0.717) is 28.4 Å². The summed E-state index contributed by atoms with van der Waals surface area (Å²) in [6.45, 7) is 0. The fraction of sp³-hybridized carbons (Fsp3) is 0.105. The number of carbonyl (C=O) groups excluding carboxylic acids is 1. The molecule has 8 heteroatoms. The maximum Gasteiger partial charge on any atom is 0.322 e. The van der Waals surface area contributed by atoms with Crippen LogP contribution in [0.15, 0.2) is 57.4 Å². The zero-order valence-electron chi connectivity index (χ0n) is 14.6. The maximum atomic E-state index is 12.3. The van der Waals surface area contributed by atoms with Crippen LogP contribution < -0.4 is 14.8 Å². The van der Waals surface area contributed by atoms with Crippen LogP contribution in [0.2, 0.25) is 0 Å². The number of fused-ring (bicyclic) bond motifs is 1. The van der Waals surface area contributed by atoms with Gasteiger partial charge in [0.25, 0.3) is 11.8 Å². The second-order valence-corrected chi connectivity index (χ2v) is 5.58. The van der Waals surface area contributed by atoms with E-state index in [1.807, 2.05) is 12.1 Å². The number of nitrogens with zero attached hydrogens (tertiary/aromatic N) is 2. The van der Waals surface area contributed by atoms with Crippen molar-refractivity contribution in [2.24, 2.45) is 0 Å². The van der Waals surface area contributed by atoms with Crippen LogP contribution in [-0.2, 0) is 0 Å². The van der Waals surface area contributed by atoms with Crippen molar-refractivity contribution in [3.05, 3.63) is 54.1 Å². The number of carbonyl (C=O) groups is 1. The van der Waals surface area contributed by atoms with E-state index in [1.54, 1.807) is 50.6 Å². The average Bonchev–Trinajstić information content (AvgIpc) is 3.34. The summed E-state index contributed by atoms with van der Waals surface area (Å²) in [5.41, 5.74) is 1.01. The number of methoxy groups -OCH3 is 2. The number of furan rings is 1. The Morgan fingerprint density at radius 2 is 1.81 bits per heavy atom. The van der Waals surface area contributed by atoms with Gasteiger partial charge >= 0.3 is 6.01 Å². The molecule has 0 unspecified atom stereocenters. The smallest absolute Gasteiger partial charge is 0.322 e. The first-order valence-corrected chi connectivity index (χ1v) is 8.04. The number of amides is 1. The monoisotopic (exact) mass is 365 g/mol. The lowest BCUT2D eigenvalue weighted by molar-refractivity contribution is 0.102. The highest BCUT2D eigenvalue weighted by atomic mass is 16.5. The Labute approximate surface area is 153 Å². The highest BCUT2D eigenvalue weighted by Crippen LogP contribution is 2.33. The molecule has 4 aromatic rings. The van der Waals surface area contributed by atoms with Crippen LogP contribution in [0, 0.1) is 0 Å². The van der Waals surface area contributed by atoms with Gasteiger partial charge in [0.1, 0.15) is 5.75 Å². The topological polar surface area (TPSA) is 99.6 Å². The summed E-state index contributed by atoms with van der Waals surface area (Å²) in [5, 5.41) is 11.2. The minimum Gasteiger partial charge on any atom is -0.497 e. The number of benzene rings is 2. The van der Waals surface area contributed by atoms with Gasteiger partial charge in [-0.05, 0) is 36.4 Å². The summed E-state index contributed by atoms with van der Waals surface area (Å²) in [6, 6.07) is 13.9. The van der Waals surface area contributed by atoms with E-state index < -0.39 is 0 Å². The predicted molar refractivity (Wildman–Crippen MR) is 97.0 cm³/mol. The van der Waals surface area contributed by atoms with Gasteiger partial charge in [-0.25, -0.2) is 0 Å². The summed E-state index contributed by atoms with van der Waals surface area (Å²) in [7, 11) is 3.12. The molecule has 0 saturated heterocycles. The number of anilines is 1. The molecule has 1 N–H and O–H groups in total. The van der Waals surface area contributed by atoms with Crippen molar-refractivity contribution in [1.29, 1.82) is 0 Å². The Bertz CT molecular complexity index is 1100. The molecule has 27 heavy (non-hydrogen) atoms. The molecule has 2 heterocycles. The van der Waals surface area contributed by atoms with Crippen molar-refractivity contribution >= 4 is 22.9 Å². The van der Waals surface area contributed by atoms with Gasteiger partial charge in [0, 0.05) is 10.9 Å². The van der Waals surface area contributed by atoms with Crippen LogP contribution in [0.3, 0.4) is 0 Å². The molecule has 0 aliphatic carbocycles. The van der Waals surface area contributed by atoms with Crippen LogP contribution in [0.5, 0.6) is 11.5 Å². The molecule has 0 fully saturated rings. The molecular weight excluding hydrogens is 350 g/mol. The number of ether oxygens (including phenoxy) is 2. The van der Waals surface area contributed by atoms with Crippen molar-refractivity contribution in [3.8, 4) is 23.1 Å². The molecule has 0 aliphatic heterocycles. The molecule has 136 valence electrons. The predicted octanol–water partition coefficient (Wildman–Crippen LogP) is 3.75. The molecule has 2 aromatic carbocycles. The van der Waals surface area contributed by atoms with Gasteiger partial charge in [-0.1, -0.05) is 17.2 Å². The van der Waals surface area contributed by atoms with Crippen LogP contribution in [0.4, 0.5) is 6.01 Å². The highest BCUT2D eigenvalue weighted by molar-refractivity contribution is 6.03. The van der Waals surface area contributed by atoms with Crippen molar-refractivity contribution in [2.45, 2.75) is 0 Å². The third-order valence-electron chi connectivity index (χ3n) is 3.94. The van der Waals surface area contributed by atoms with Gasteiger partial charge in [-0.3, -0.25) is 10.1 Å². The quantitative estimate of drug-likeness (QED) is 0.575. The third kappa shape index (κ3) is 3.20. The minimum absolute atomic E-state index is 0.0294. The number of aromatic nitrogens is 2. The molecular formula is C19H15N3O5. The van der Waals surface area contributed by atoms with E-state index in [0.717, 1.165) is 5.39 Å². The Hall–Kier alpha value is -3.81. The van der Waals surface area contributed by atoms with Crippen molar-refractivity contribution in [2.75, 3.05) is 19.5 Å². The minimum atomic E-state index is -0.376. The SMILES string of the molecule is COc1ccc(C(=O)Nc2nnc(-c3cc4cccc(OC)c4o3)o2)cc1. The standard InChI is InChI=1S/C19H15N3O5/c1-24-13-8-6-11(7-9-13)17(23)20-19-22-21-18(27-19)15-10-12-4-3-5-14(25-2)16(12)26-15/h3-10H,1-2H3,(H,20,22,23). The summed E-state index contributed by atoms with van der Waals surface area (Å²) in [4.78, 5) is 12.3. The van der Waals surface area contributed by atoms with Crippen molar-refractivity contribution in [3.63, 3.8) is 0 Å². The van der Waals surface area contributed by atoms with Crippen LogP contribution in [0.25, 0.3) is 22.6 Å². The first-order valence-electron chi connectivity index (χ1n) is 8.04. The van der Waals surface area contributed by atoms with E-state index in [9.17, 15) is 4.79 Å². The lowest BCUT2D eigenvalue weighted by atomic mass is 10.2. The first-order chi connectivity index (χ1) is 13.2. The molecule has 4 rings (SSSR count). The summed E-state index contributed by atoms with van der Waals surface area (Å²) in [5.74, 6) is 1.42. The first kappa shape index (κ1) is 16.6. The normalized spacial score (nSPS) is 10.7. The molecule has 0 saturated carbocycles. The largest absolute Gasteiger partial charge is 0.497 e. The number of hydrogen-bond donors (Lipinski definition) is 1. The third-order valence-corrected chi connectivity index (χ3v) is 3.94.